The fourth-order valence-electron chi connectivity index (χ4n) is 2.64. The summed E-state index contributed by atoms with van der Waals surface area (Å²) >= 11 is 1.52. The van der Waals surface area contributed by atoms with Gasteiger partial charge in [-0.05, 0) is 32.6 Å². The number of nitrogens with zero attached hydrogens (tertiary/aromatic N) is 2. The Bertz CT molecular complexity index is 456. The van der Waals surface area contributed by atoms with Crippen molar-refractivity contribution in [1.29, 1.82) is 0 Å². The molecule has 0 N–H and O–H groups in total. The molecule has 0 aromatic carbocycles. The van der Waals surface area contributed by atoms with Crippen LogP contribution in [0.2, 0.25) is 0 Å². The maximum Gasteiger partial charge on any atom is 0.231 e. The molecular weight excluding hydrogens is 288 g/mol. The van der Waals surface area contributed by atoms with Gasteiger partial charge in [0.1, 0.15) is 0 Å². The van der Waals surface area contributed by atoms with Gasteiger partial charge in [0.2, 0.25) is 5.91 Å². The summed E-state index contributed by atoms with van der Waals surface area (Å²) in [6.45, 7) is 3.21. The van der Waals surface area contributed by atoms with Crippen LogP contribution < -0.4 is 4.90 Å². The highest BCUT2D eigenvalue weighted by Crippen LogP contribution is 2.29. The zero-order chi connectivity index (χ0) is 15.2. The third kappa shape index (κ3) is 4.49. The lowest BCUT2D eigenvalue weighted by Crippen LogP contribution is -2.36. The number of rotatable bonds is 6. The molecule has 1 aliphatic carbocycles. The van der Waals surface area contributed by atoms with Gasteiger partial charge in [-0.15, -0.1) is 11.3 Å². The zero-order valence-electron chi connectivity index (χ0n) is 13.0. The van der Waals surface area contributed by atoms with Crippen molar-refractivity contribution in [3.63, 3.8) is 0 Å². The van der Waals surface area contributed by atoms with Gasteiger partial charge in [-0.25, -0.2) is 4.98 Å². The summed E-state index contributed by atoms with van der Waals surface area (Å²) in [4.78, 5) is 18.6. The molecule has 0 bridgehead atoms. The van der Waals surface area contributed by atoms with Gasteiger partial charge in [0.05, 0.1) is 25.0 Å². The number of aryl methyl sites for hydroxylation is 1. The minimum Gasteiger partial charge on any atom is -0.382 e. The van der Waals surface area contributed by atoms with E-state index in [1.807, 2.05) is 19.4 Å². The van der Waals surface area contributed by atoms with Crippen molar-refractivity contribution in [3.05, 3.63) is 11.1 Å². The first-order chi connectivity index (χ1) is 10.1. The highest BCUT2D eigenvalue weighted by atomic mass is 32.1. The molecule has 1 aliphatic rings. The molecule has 1 aromatic rings. The lowest BCUT2D eigenvalue weighted by atomic mass is 9.86. The first-order valence-electron chi connectivity index (χ1n) is 7.42. The quantitative estimate of drug-likeness (QED) is 0.758. The minimum atomic E-state index is 0.0986. The van der Waals surface area contributed by atoms with E-state index in [1.165, 1.54) is 11.3 Å². The van der Waals surface area contributed by atoms with E-state index in [0.717, 1.165) is 36.5 Å². The SMILES string of the molecule is COCCOC1CCC(C(=O)N(C)c2nc(C)cs2)CC1. The number of methoxy groups -OCH3 is 1. The van der Waals surface area contributed by atoms with Crippen LogP contribution in [0.3, 0.4) is 0 Å². The Morgan fingerprint density at radius 1 is 1.38 bits per heavy atom. The number of ether oxygens (including phenoxy) is 2. The molecule has 0 aliphatic heterocycles. The summed E-state index contributed by atoms with van der Waals surface area (Å²) in [5, 5.41) is 2.76. The number of aromatic nitrogens is 1. The Morgan fingerprint density at radius 3 is 2.67 bits per heavy atom. The first kappa shape index (κ1) is 16.4. The van der Waals surface area contributed by atoms with Crippen LogP contribution in [0.5, 0.6) is 0 Å². The van der Waals surface area contributed by atoms with Gasteiger partial charge in [0.15, 0.2) is 5.13 Å². The van der Waals surface area contributed by atoms with Gasteiger partial charge in [-0.2, -0.15) is 0 Å². The van der Waals surface area contributed by atoms with Crippen LogP contribution in [-0.2, 0) is 14.3 Å². The van der Waals surface area contributed by atoms with Crippen molar-refractivity contribution in [2.75, 3.05) is 32.3 Å². The average Bonchev–Trinajstić information content (AvgIpc) is 2.93. The van der Waals surface area contributed by atoms with Crippen LogP contribution in [0.1, 0.15) is 31.4 Å². The van der Waals surface area contributed by atoms with E-state index in [-0.39, 0.29) is 17.9 Å². The second-order valence-electron chi connectivity index (χ2n) is 5.51. The maximum atomic E-state index is 12.5. The normalized spacial score (nSPS) is 22.2. The Morgan fingerprint density at radius 2 is 2.10 bits per heavy atom. The summed E-state index contributed by atoms with van der Waals surface area (Å²) in [6, 6.07) is 0. The molecule has 1 aromatic heterocycles. The highest BCUT2D eigenvalue weighted by Gasteiger charge is 2.29. The van der Waals surface area contributed by atoms with E-state index in [1.54, 1.807) is 12.0 Å². The molecule has 118 valence electrons. The van der Waals surface area contributed by atoms with E-state index in [4.69, 9.17) is 9.47 Å². The topological polar surface area (TPSA) is 51.7 Å². The Hall–Kier alpha value is -0.980. The molecule has 1 fully saturated rings. The maximum absolute atomic E-state index is 12.5. The predicted molar refractivity (Wildman–Crippen MR) is 83.8 cm³/mol. The van der Waals surface area contributed by atoms with Crippen molar-refractivity contribution < 1.29 is 14.3 Å². The molecule has 1 saturated carbocycles. The highest BCUT2D eigenvalue weighted by molar-refractivity contribution is 7.14. The van der Waals surface area contributed by atoms with Crippen LogP contribution in [0.25, 0.3) is 0 Å². The molecule has 21 heavy (non-hydrogen) atoms. The standard InChI is InChI=1S/C15H24N2O3S/c1-11-10-21-15(16-11)17(2)14(18)12-4-6-13(7-5-12)20-9-8-19-3/h10,12-13H,4-9H2,1-3H3. The second-order valence-corrected chi connectivity index (χ2v) is 6.34. The second kappa shape index (κ2) is 7.87. The molecule has 0 unspecified atom stereocenters. The zero-order valence-corrected chi connectivity index (χ0v) is 13.8. The van der Waals surface area contributed by atoms with E-state index in [9.17, 15) is 4.79 Å². The molecule has 6 heteroatoms. The molecule has 1 amide bonds. The summed E-state index contributed by atoms with van der Waals surface area (Å²) in [7, 11) is 3.50. The van der Waals surface area contributed by atoms with Gasteiger partial charge in [0.25, 0.3) is 0 Å². The molecule has 5 nitrogen and oxygen atoms in total. The van der Waals surface area contributed by atoms with Crippen LogP contribution >= 0.6 is 11.3 Å². The number of carbonyl (C=O) groups excluding carboxylic acids is 1. The van der Waals surface area contributed by atoms with Crippen LogP contribution in [0.15, 0.2) is 5.38 Å². The predicted octanol–water partition coefficient (Wildman–Crippen LogP) is 2.64. The molecule has 1 heterocycles. The fraction of sp³-hybridized carbons (Fsp3) is 0.733. The van der Waals surface area contributed by atoms with Crippen LogP contribution in [0, 0.1) is 12.8 Å². The van der Waals surface area contributed by atoms with E-state index >= 15 is 0 Å². The summed E-state index contributed by atoms with van der Waals surface area (Å²) in [5.41, 5.74) is 0.963. The third-order valence-electron chi connectivity index (χ3n) is 3.89. The molecule has 0 saturated heterocycles. The van der Waals surface area contributed by atoms with Crippen molar-refractivity contribution >= 4 is 22.4 Å². The Kier molecular flexibility index (Phi) is 6.14. The van der Waals surface area contributed by atoms with Gasteiger partial charge >= 0.3 is 0 Å². The van der Waals surface area contributed by atoms with Crippen LogP contribution in [0.4, 0.5) is 5.13 Å². The number of hydrogen-bond acceptors (Lipinski definition) is 5. The Balaban J connectivity index is 1.80. The molecule has 2 rings (SSSR count). The van der Waals surface area contributed by atoms with Gasteiger partial charge in [-0.1, -0.05) is 0 Å². The van der Waals surface area contributed by atoms with E-state index in [0.29, 0.717) is 13.2 Å². The number of hydrogen-bond donors (Lipinski definition) is 0. The van der Waals surface area contributed by atoms with Crippen molar-refractivity contribution in [2.45, 2.75) is 38.7 Å². The van der Waals surface area contributed by atoms with Gasteiger partial charge < -0.3 is 9.47 Å². The van der Waals surface area contributed by atoms with Crippen molar-refractivity contribution in [2.24, 2.45) is 5.92 Å². The largest absolute Gasteiger partial charge is 0.382 e. The molecule has 0 spiro atoms. The van der Waals surface area contributed by atoms with E-state index < -0.39 is 0 Å². The molecule has 0 radical (unpaired) electrons. The minimum absolute atomic E-state index is 0.0986. The van der Waals surface area contributed by atoms with Crippen molar-refractivity contribution in [1.82, 2.24) is 4.98 Å². The number of anilines is 1. The number of thiazole rings is 1. The number of amides is 1. The summed E-state index contributed by atoms with van der Waals surface area (Å²) < 4.78 is 10.7. The molecular formula is C15H24N2O3S. The van der Waals surface area contributed by atoms with E-state index in [2.05, 4.69) is 4.98 Å². The van der Waals surface area contributed by atoms with Gasteiger partial charge in [-0.3, -0.25) is 9.69 Å². The average molecular weight is 312 g/mol. The molecule has 0 atom stereocenters. The summed E-state index contributed by atoms with van der Waals surface area (Å²) in [6.07, 6.45) is 3.96. The third-order valence-corrected chi connectivity index (χ3v) is 4.92. The fourth-order valence-corrected chi connectivity index (χ4v) is 3.41. The van der Waals surface area contributed by atoms with Crippen molar-refractivity contribution in [3.8, 4) is 0 Å². The lowest BCUT2D eigenvalue weighted by molar-refractivity contribution is -0.124. The van der Waals surface area contributed by atoms with Gasteiger partial charge in [0, 0.05) is 25.5 Å². The monoisotopic (exact) mass is 312 g/mol. The lowest BCUT2D eigenvalue weighted by Gasteiger charge is -2.29. The smallest absolute Gasteiger partial charge is 0.231 e. The Labute approximate surface area is 130 Å². The number of carbonyl (C=O) groups is 1. The summed E-state index contributed by atoms with van der Waals surface area (Å²) in [5.74, 6) is 0.279. The first-order valence-corrected chi connectivity index (χ1v) is 8.30. The van der Waals surface area contributed by atoms with Crippen LogP contribution in [-0.4, -0.2) is 44.4 Å².